The number of hydrogen-bond donors (Lipinski definition) is 2. The van der Waals surface area contributed by atoms with Crippen LogP contribution in [0.25, 0.3) is 0 Å². The molecule has 9 heteroatoms. The van der Waals surface area contributed by atoms with Crippen molar-refractivity contribution in [2.24, 2.45) is 0 Å². The van der Waals surface area contributed by atoms with Crippen LogP contribution in [-0.2, 0) is 14.8 Å². The van der Waals surface area contributed by atoms with E-state index in [1.807, 2.05) is 0 Å². The fourth-order valence-electron chi connectivity index (χ4n) is 2.00. The average Bonchev–Trinajstić information content (AvgIpc) is 2.54. The largest absolute Gasteiger partial charge is 0.478 e. The van der Waals surface area contributed by atoms with Crippen molar-refractivity contribution in [2.75, 3.05) is 16.7 Å². The van der Waals surface area contributed by atoms with Gasteiger partial charge >= 0.3 is 5.97 Å². The van der Waals surface area contributed by atoms with Crippen LogP contribution in [0.1, 0.15) is 17.3 Å². The molecule has 0 fully saturated rings. The van der Waals surface area contributed by atoms with Crippen LogP contribution in [0.3, 0.4) is 0 Å². The van der Waals surface area contributed by atoms with Crippen molar-refractivity contribution in [1.29, 1.82) is 0 Å². The maximum atomic E-state index is 12.6. The Morgan fingerprint density at radius 2 is 1.79 bits per heavy atom. The molecule has 0 aliphatic carbocycles. The first-order valence-electron chi connectivity index (χ1n) is 6.78. The summed E-state index contributed by atoms with van der Waals surface area (Å²) < 4.78 is 26.1. The lowest BCUT2D eigenvalue weighted by Crippen LogP contribution is -2.29. The minimum atomic E-state index is -4.00. The van der Waals surface area contributed by atoms with Gasteiger partial charge in [-0.2, -0.15) is 0 Å². The van der Waals surface area contributed by atoms with E-state index in [4.69, 9.17) is 5.11 Å². The normalized spacial score (nSPS) is 10.9. The van der Waals surface area contributed by atoms with Gasteiger partial charge in [-0.3, -0.25) is 9.10 Å². The van der Waals surface area contributed by atoms with Crippen LogP contribution in [0.5, 0.6) is 0 Å². The van der Waals surface area contributed by atoms with Crippen molar-refractivity contribution in [3.8, 4) is 0 Å². The van der Waals surface area contributed by atoms with Gasteiger partial charge in [-0.25, -0.2) is 18.2 Å². The lowest BCUT2D eigenvalue weighted by molar-refractivity contribution is -0.114. The number of carbonyl (C=O) groups excluding carboxylic acids is 1. The summed E-state index contributed by atoms with van der Waals surface area (Å²) in [6.45, 7) is 1.34. The van der Waals surface area contributed by atoms with Gasteiger partial charge in [-0.05, 0) is 36.4 Å². The summed E-state index contributed by atoms with van der Waals surface area (Å²) in [7, 11) is -2.77. The van der Waals surface area contributed by atoms with Gasteiger partial charge in [0.2, 0.25) is 5.91 Å². The molecule has 2 N–H and O–H groups in total. The van der Waals surface area contributed by atoms with Crippen LogP contribution in [0, 0.1) is 0 Å². The summed E-state index contributed by atoms with van der Waals surface area (Å²) in [4.78, 5) is 26.0. The van der Waals surface area contributed by atoms with Crippen molar-refractivity contribution in [1.82, 2.24) is 4.98 Å². The molecule has 1 amide bonds. The zero-order chi connectivity index (χ0) is 17.9. The van der Waals surface area contributed by atoms with E-state index >= 15 is 0 Å². The number of pyridine rings is 1. The fraction of sp³-hybridized carbons (Fsp3) is 0.133. The molecule has 24 heavy (non-hydrogen) atoms. The van der Waals surface area contributed by atoms with Gasteiger partial charge in [0.15, 0.2) is 5.82 Å². The van der Waals surface area contributed by atoms with Gasteiger partial charge < -0.3 is 10.4 Å². The van der Waals surface area contributed by atoms with Crippen LogP contribution in [0.15, 0.2) is 47.5 Å². The molecule has 1 aromatic carbocycles. The first-order chi connectivity index (χ1) is 11.2. The number of benzene rings is 1. The predicted octanol–water partition coefficient (Wildman–Crippen LogP) is 1.56. The van der Waals surface area contributed by atoms with E-state index in [-0.39, 0.29) is 22.2 Å². The Kier molecular flexibility index (Phi) is 4.84. The molecule has 0 unspecified atom stereocenters. The Morgan fingerprint density at radius 1 is 1.17 bits per heavy atom. The summed E-state index contributed by atoms with van der Waals surface area (Å²) in [5, 5.41) is 11.7. The third-order valence-corrected chi connectivity index (χ3v) is 4.91. The molecule has 0 atom stereocenters. The van der Waals surface area contributed by atoms with Gasteiger partial charge in [0.25, 0.3) is 10.0 Å². The summed E-state index contributed by atoms with van der Waals surface area (Å²) in [5.41, 5.74) is 0.228. The molecule has 2 aromatic rings. The minimum absolute atomic E-state index is 0.0545. The molecule has 0 radical (unpaired) electrons. The number of rotatable bonds is 5. The topological polar surface area (TPSA) is 117 Å². The maximum Gasteiger partial charge on any atom is 0.339 e. The number of aromatic nitrogens is 1. The Morgan fingerprint density at radius 3 is 2.33 bits per heavy atom. The lowest BCUT2D eigenvalue weighted by Gasteiger charge is -2.20. The van der Waals surface area contributed by atoms with Gasteiger partial charge in [0.1, 0.15) is 5.56 Å². The Balaban J connectivity index is 2.40. The molecule has 1 heterocycles. The maximum absolute atomic E-state index is 12.6. The molecule has 2 rings (SSSR count). The van der Waals surface area contributed by atoms with Crippen molar-refractivity contribution in [3.63, 3.8) is 0 Å². The third kappa shape index (κ3) is 3.51. The third-order valence-electron chi connectivity index (χ3n) is 3.15. The highest BCUT2D eigenvalue weighted by atomic mass is 32.2. The smallest absolute Gasteiger partial charge is 0.339 e. The first-order valence-corrected chi connectivity index (χ1v) is 8.22. The summed E-state index contributed by atoms with van der Waals surface area (Å²) >= 11 is 0. The van der Waals surface area contributed by atoms with E-state index in [0.29, 0.717) is 5.69 Å². The highest BCUT2D eigenvalue weighted by molar-refractivity contribution is 7.92. The lowest BCUT2D eigenvalue weighted by atomic mass is 10.2. The SMILES string of the molecule is CC(=O)Nc1ccc(S(=O)(=O)N(C)c2ncccc2C(=O)O)cc1. The molecule has 1 aromatic heterocycles. The second-order valence-corrected chi connectivity index (χ2v) is 6.83. The highest BCUT2D eigenvalue weighted by Crippen LogP contribution is 2.24. The van der Waals surface area contributed by atoms with E-state index in [2.05, 4.69) is 10.3 Å². The van der Waals surface area contributed by atoms with Crippen molar-refractivity contribution in [3.05, 3.63) is 48.2 Å². The number of nitrogens with zero attached hydrogens (tertiary/aromatic N) is 2. The molecule has 0 aliphatic heterocycles. The van der Waals surface area contributed by atoms with Gasteiger partial charge in [-0.1, -0.05) is 0 Å². The molecular weight excluding hydrogens is 334 g/mol. The zero-order valence-electron chi connectivity index (χ0n) is 12.9. The molecule has 0 bridgehead atoms. The Hall–Kier alpha value is -2.94. The molecule has 0 spiro atoms. The van der Waals surface area contributed by atoms with Crippen LogP contribution < -0.4 is 9.62 Å². The van der Waals surface area contributed by atoms with Crippen molar-refractivity contribution < 1.29 is 23.1 Å². The standard InChI is InChI=1S/C15H15N3O5S/c1-10(19)17-11-5-7-12(8-6-11)24(22,23)18(2)14-13(15(20)21)4-3-9-16-14/h3-9H,1-2H3,(H,17,19)(H,20,21). The predicted molar refractivity (Wildman–Crippen MR) is 87.5 cm³/mol. The van der Waals surface area contributed by atoms with E-state index in [0.717, 1.165) is 4.31 Å². The quantitative estimate of drug-likeness (QED) is 0.846. The summed E-state index contributed by atoms with van der Waals surface area (Å²) in [6.07, 6.45) is 1.31. The zero-order valence-corrected chi connectivity index (χ0v) is 13.7. The van der Waals surface area contributed by atoms with Crippen LogP contribution in [0.2, 0.25) is 0 Å². The summed E-state index contributed by atoms with van der Waals surface area (Å²) in [6, 6.07) is 8.21. The van der Waals surface area contributed by atoms with Crippen LogP contribution in [0.4, 0.5) is 11.5 Å². The van der Waals surface area contributed by atoms with Gasteiger partial charge in [0, 0.05) is 25.9 Å². The van der Waals surface area contributed by atoms with Crippen LogP contribution >= 0.6 is 0 Å². The Labute approximate surface area is 138 Å². The van der Waals surface area contributed by atoms with Crippen molar-refractivity contribution in [2.45, 2.75) is 11.8 Å². The molecular formula is C15H15N3O5S. The number of hydrogen-bond acceptors (Lipinski definition) is 5. The second kappa shape index (κ2) is 6.67. The second-order valence-electron chi connectivity index (χ2n) is 4.86. The van der Waals surface area contributed by atoms with Crippen LogP contribution in [-0.4, -0.2) is 37.4 Å². The molecule has 0 aliphatic rings. The van der Waals surface area contributed by atoms with E-state index in [9.17, 15) is 18.0 Å². The number of nitrogens with one attached hydrogen (secondary N) is 1. The summed E-state index contributed by atoms with van der Waals surface area (Å²) in [5.74, 6) is -1.74. The molecule has 0 saturated carbocycles. The number of carbonyl (C=O) groups is 2. The number of carboxylic acids is 1. The minimum Gasteiger partial charge on any atom is -0.478 e. The van der Waals surface area contributed by atoms with Gasteiger partial charge in [-0.15, -0.1) is 0 Å². The van der Waals surface area contributed by atoms with Gasteiger partial charge in [0.05, 0.1) is 4.90 Å². The molecule has 8 nitrogen and oxygen atoms in total. The fourth-order valence-corrected chi connectivity index (χ4v) is 3.17. The molecule has 0 saturated heterocycles. The number of sulfonamides is 1. The average molecular weight is 349 g/mol. The number of aromatic carboxylic acids is 1. The number of amides is 1. The van der Waals surface area contributed by atoms with E-state index < -0.39 is 16.0 Å². The highest BCUT2D eigenvalue weighted by Gasteiger charge is 2.26. The first kappa shape index (κ1) is 17.4. The molecule has 126 valence electrons. The van der Waals surface area contributed by atoms with Crippen molar-refractivity contribution >= 4 is 33.4 Å². The monoisotopic (exact) mass is 349 g/mol. The Bertz CT molecular complexity index is 878. The number of carboxylic acid groups (broad SMARTS) is 1. The number of anilines is 2. The van der Waals surface area contributed by atoms with E-state index in [1.165, 1.54) is 56.6 Å². The van der Waals surface area contributed by atoms with E-state index in [1.54, 1.807) is 0 Å².